The van der Waals surface area contributed by atoms with Crippen LogP contribution in [0, 0.1) is 6.92 Å². The van der Waals surface area contributed by atoms with Crippen LogP contribution in [0.1, 0.15) is 49.8 Å². The van der Waals surface area contributed by atoms with Gasteiger partial charge in [0.25, 0.3) is 0 Å². The third-order valence-electron chi connectivity index (χ3n) is 6.49. The van der Waals surface area contributed by atoms with Crippen LogP contribution in [-0.4, -0.2) is 34.6 Å². The fourth-order valence-corrected chi connectivity index (χ4v) is 5.03. The number of hydrogen-bond donors (Lipinski definition) is 1. The number of hydrogen-bond acceptors (Lipinski definition) is 3. The van der Waals surface area contributed by atoms with Crippen LogP contribution in [0.4, 0.5) is 0 Å². The number of rotatable bonds is 13. The molecule has 0 saturated carbocycles. The molecule has 3 aromatic rings. The molecular weight excluding hydrogens is 500 g/mol. The van der Waals surface area contributed by atoms with Crippen molar-refractivity contribution in [3.8, 4) is 0 Å². The highest BCUT2D eigenvalue weighted by atomic mass is 35.5. The third-order valence-corrected chi connectivity index (χ3v) is 7.84. The molecule has 0 saturated heterocycles. The van der Waals surface area contributed by atoms with Crippen LogP contribution in [-0.2, 0) is 22.6 Å². The molecule has 0 spiro atoms. The maximum atomic E-state index is 13.7. The van der Waals surface area contributed by atoms with Gasteiger partial charge in [0.1, 0.15) is 6.04 Å². The maximum Gasteiger partial charge on any atom is 0.243 e. The van der Waals surface area contributed by atoms with Crippen LogP contribution in [0.2, 0.25) is 5.02 Å². The van der Waals surface area contributed by atoms with E-state index in [1.807, 2.05) is 99.6 Å². The summed E-state index contributed by atoms with van der Waals surface area (Å²) in [4.78, 5) is 30.2. The zero-order valence-electron chi connectivity index (χ0n) is 22.0. The van der Waals surface area contributed by atoms with Gasteiger partial charge in [-0.05, 0) is 73.4 Å². The maximum absolute atomic E-state index is 13.7. The van der Waals surface area contributed by atoms with Gasteiger partial charge in [0, 0.05) is 35.3 Å². The predicted octanol–water partition coefficient (Wildman–Crippen LogP) is 7.08. The Morgan fingerprint density at radius 2 is 1.65 bits per heavy atom. The number of nitrogens with one attached hydrogen (secondary N) is 1. The fourth-order valence-electron chi connectivity index (χ4n) is 4.05. The quantitative estimate of drug-likeness (QED) is 0.188. The first-order chi connectivity index (χ1) is 17.9. The van der Waals surface area contributed by atoms with Gasteiger partial charge in [-0.15, -0.1) is 11.8 Å². The van der Waals surface area contributed by atoms with Crippen LogP contribution in [0.25, 0.3) is 0 Å². The van der Waals surface area contributed by atoms with Gasteiger partial charge in [0.2, 0.25) is 11.8 Å². The highest BCUT2D eigenvalue weighted by Gasteiger charge is 2.30. The molecule has 6 heteroatoms. The van der Waals surface area contributed by atoms with Crippen molar-refractivity contribution in [2.75, 3.05) is 5.75 Å². The minimum Gasteiger partial charge on any atom is -0.352 e. The van der Waals surface area contributed by atoms with Crippen LogP contribution in [0.5, 0.6) is 0 Å². The smallest absolute Gasteiger partial charge is 0.243 e. The molecule has 1 N–H and O–H groups in total. The molecule has 196 valence electrons. The number of aryl methyl sites for hydroxylation is 1. The number of benzene rings is 3. The monoisotopic (exact) mass is 536 g/mol. The van der Waals surface area contributed by atoms with Crippen molar-refractivity contribution in [1.82, 2.24) is 10.2 Å². The largest absolute Gasteiger partial charge is 0.352 e. The first-order valence-corrected chi connectivity index (χ1v) is 14.3. The first-order valence-electron chi connectivity index (χ1n) is 12.9. The van der Waals surface area contributed by atoms with E-state index in [9.17, 15) is 9.59 Å². The number of thioether (sulfide) groups is 1. The topological polar surface area (TPSA) is 49.4 Å². The molecule has 0 heterocycles. The van der Waals surface area contributed by atoms with Gasteiger partial charge < -0.3 is 10.2 Å². The van der Waals surface area contributed by atoms with Gasteiger partial charge in [-0.2, -0.15) is 0 Å². The fraction of sp³-hybridized carbons (Fsp3) is 0.355. The number of amides is 2. The zero-order chi connectivity index (χ0) is 26.6. The van der Waals surface area contributed by atoms with Crippen molar-refractivity contribution >= 4 is 35.2 Å². The van der Waals surface area contributed by atoms with E-state index in [0.29, 0.717) is 24.4 Å². The number of nitrogens with zero attached hydrogens (tertiary/aromatic N) is 1. The standard InChI is InChI=1S/C31H37ClN2O2S/c1-4-24(3)33-31(36)29(21-25-12-6-5-7-13-25)34(22-26-14-9-8-11-23(26)2)30(35)15-10-20-37-28-18-16-27(32)17-19-28/h5-9,11-14,16-19,24,29H,4,10,15,20-22H2,1-3H3,(H,33,36)/t24-,29+/m0/s1. The van der Waals surface area contributed by atoms with Gasteiger partial charge in [-0.3, -0.25) is 9.59 Å². The second-order valence-corrected chi connectivity index (χ2v) is 11.0. The van der Waals surface area contributed by atoms with Crippen molar-refractivity contribution in [2.24, 2.45) is 0 Å². The van der Waals surface area contributed by atoms with Crippen LogP contribution in [0.3, 0.4) is 0 Å². The Labute approximate surface area is 230 Å². The Kier molecular flexibility index (Phi) is 11.6. The van der Waals surface area contributed by atoms with E-state index in [0.717, 1.165) is 40.2 Å². The third kappa shape index (κ3) is 9.24. The molecule has 0 radical (unpaired) electrons. The minimum atomic E-state index is -0.590. The summed E-state index contributed by atoms with van der Waals surface area (Å²) in [5.41, 5.74) is 3.20. The van der Waals surface area contributed by atoms with E-state index < -0.39 is 6.04 Å². The lowest BCUT2D eigenvalue weighted by atomic mass is 10.0. The highest BCUT2D eigenvalue weighted by molar-refractivity contribution is 7.99. The van der Waals surface area contributed by atoms with Gasteiger partial charge >= 0.3 is 0 Å². The average Bonchev–Trinajstić information content (AvgIpc) is 2.91. The van der Waals surface area contributed by atoms with E-state index in [1.54, 1.807) is 16.7 Å². The molecule has 0 unspecified atom stereocenters. The molecule has 3 aromatic carbocycles. The molecule has 37 heavy (non-hydrogen) atoms. The number of halogens is 1. The Morgan fingerprint density at radius 1 is 0.973 bits per heavy atom. The Bertz CT molecular complexity index is 1140. The van der Waals surface area contributed by atoms with Crippen LogP contribution < -0.4 is 5.32 Å². The van der Waals surface area contributed by atoms with Crippen molar-refractivity contribution in [2.45, 2.75) is 70.0 Å². The zero-order valence-corrected chi connectivity index (χ0v) is 23.5. The summed E-state index contributed by atoms with van der Waals surface area (Å²) in [6, 6.07) is 25.2. The Morgan fingerprint density at radius 3 is 2.32 bits per heavy atom. The first kappa shape index (κ1) is 28.8. The minimum absolute atomic E-state index is 0.000178. The second kappa shape index (κ2) is 14.8. The van der Waals surface area contributed by atoms with Gasteiger partial charge in [0.05, 0.1) is 0 Å². The molecule has 2 amide bonds. The lowest BCUT2D eigenvalue weighted by Crippen LogP contribution is -2.52. The average molecular weight is 537 g/mol. The normalized spacial score (nSPS) is 12.5. The van der Waals surface area contributed by atoms with E-state index >= 15 is 0 Å². The Balaban J connectivity index is 1.80. The highest BCUT2D eigenvalue weighted by Crippen LogP contribution is 2.23. The molecule has 0 fully saturated rings. The molecule has 0 aliphatic rings. The molecule has 4 nitrogen and oxygen atoms in total. The van der Waals surface area contributed by atoms with Gasteiger partial charge in [0.15, 0.2) is 0 Å². The number of carbonyl (C=O) groups is 2. The lowest BCUT2D eigenvalue weighted by molar-refractivity contribution is -0.141. The van der Waals surface area contributed by atoms with Crippen molar-refractivity contribution < 1.29 is 9.59 Å². The molecule has 0 aliphatic heterocycles. The number of carbonyl (C=O) groups excluding carboxylic acids is 2. The molecule has 2 atom stereocenters. The van der Waals surface area contributed by atoms with Gasteiger partial charge in [-0.1, -0.05) is 73.1 Å². The van der Waals surface area contributed by atoms with Crippen molar-refractivity contribution in [1.29, 1.82) is 0 Å². The van der Waals surface area contributed by atoms with E-state index in [2.05, 4.69) is 5.32 Å². The summed E-state index contributed by atoms with van der Waals surface area (Å²) in [6.45, 7) is 6.50. The molecular formula is C31H37ClN2O2S. The van der Waals surface area contributed by atoms with Crippen LogP contribution in [0.15, 0.2) is 83.8 Å². The van der Waals surface area contributed by atoms with Crippen molar-refractivity contribution in [3.05, 3.63) is 101 Å². The SMILES string of the molecule is CC[C@H](C)NC(=O)[C@@H](Cc1ccccc1)N(Cc1ccccc1C)C(=O)CCCSc1ccc(Cl)cc1. The second-order valence-electron chi connectivity index (χ2n) is 9.38. The summed E-state index contributed by atoms with van der Waals surface area (Å²) in [5.74, 6) is 0.712. The van der Waals surface area contributed by atoms with E-state index in [1.165, 1.54) is 0 Å². The summed E-state index contributed by atoms with van der Waals surface area (Å²) in [7, 11) is 0. The molecule has 0 aromatic heterocycles. The van der Waals surface area contributed by atoms with E-state index in [4.69, 9.17) is 11.6 Å². The summed E-state index contributed by atoms with van der Waals surface area (Å²) in [5, 5.41) is 3.85. The summed E-state index contributed by atoms with van der Waals surface area (Å²) in [6.07, 6.45) is 2.41. The van der Waals surface area contributed by atoms with Crippen molar-refractivity contribution in [3.63, 3.8) is 0 Å². The van der Waals surface area contributed by atoms with Gasteiger partial charge in [-0.25, -0.2) is 0 Å². The summed E-state index contributed by atoms with van der Waals surface area (Å²) < 4.78 is 0. The molecule has 3 rings (SSSR count). The van der Waals surface area contributed by atoms with Crippen LogP contribution >= 0.6 is 23.4 Å². The summed E-state index contributed by atoms with van der Waals surface area (Å²) >= 11 is 7.70. The molecule has 0 aliphatic carbocycles. The lowest BCUT2D eigenvalue weighted by Gasteiger charge is -2.33. The van der Waals surface area contributed by atoms with E-state index in [-0.39, 0.29) is 17.9 Å². The Hall–Kier alpha value is -2.76. The predicted molar refractivity (Wildman–Crippen MR) is 155 cm³/mol. The molecule has 0 bridgehead atoms.